The third kappa shape index (κ3) is 6.05. The van der Waals surface area contributed by atoms with Crippen LogP contribution < -0.4 is 5.32 Å². The van der Waals surface area contributed by atoms with E-state index in [9.17, 15) is 28.1 Å². The van der Waals surface area contributed by atoms with Gasteiger partial charge in [0.25, 0.3) is 11.6 Å². The number of carbonyl (C=O) groups is 2. The van der Waals surface area contributed by atoms with Gasteiger partial charge in [-0.05, 0) is 42.5 Å². The maximum Gasteiger partial charge on any atom is 0.337 e. The molecule has 34 heavy (non-hydrogen) atoms. The largest absolute Gasteiger partial charge is 0.465 e. The minimum atomic E-state index is -3.77. The van der Waals surface area contributed by atoms with Crippen LogP contribution in [0.5, 0.6) is 0 Å². The van der Waals surface area contributed by atoms with E-state index in [1.54, 1.807) is 48.5 Å². The van der Waals surface area contributed by atoms with Crippen LogP contribution in [-0.2, 0) is 14.6 Å². The maximum absolute atomic E-state index is 12.7. The van der Waals surface area contributed by atoms with Crippen LogP contribution in [0.3, 0.4) is 0 Å². The van der Waals surface area contributed by atoms with E-state index in [0.29, 0.717) is 22.4 Å². The Morgan fingerprint density at radius 2 is 1.59 bits per heavy atom. The molecule has 0 radical (unpaired) electrons. The summed E-state index contributed by atoms with van der Waals surface area (Å²) in [5, 5.41) is 13.7. The average Bonchev–Trinajstić information content (AvgIpc) is 2.81. The molecule has 9 nitrogen and oxygen atoms in total. The predicted octanol–water partition coefficient (Wildman–Crippen LogP) is 3.44. The van der Waals surface area contributed by atoms with Crippen molar-refractivity contribution in [3.05, 3.63) is 99.1 Å². The first-order chi connectivity index (χ1) is 16.1. The van der Waals surface area contributed by atoms with Crippen LogP contribution in [-0.4, -0.2) is 38.6 Å². The van der Waals surface area contributed by atoms with Gasteiger partial charge in [-0.3, -0.25) is 14.9 Å². The van der Waals surface area contributed by atoms with Crippen molar-refractivity contribution in [1.82, 2.24) is 0 Å². The number of ether oxygens (including phenoxy) is 1. The van der Waals surface area contributed by atoms with E-state index in [2.05, 4.69) is 17.2 Å². The molecular formula is C24H18N2O7S. The molecule has 1 N–H and O–H groups in total. The highest BCUT2D eigenvalue weighted by molar-refractivity contribution is 7.90. The molecule has 0 atom stereocenters. The van der Waals surface area contributed by atoms with Crippen molar-refractivity contribution in [2.24, 2.45) is 0 Å². The second-order valence-corrected chi connectivity index (χ2v) is 9.12. The number of carbonyl (C=O) groups excluding carboxylic acids is 2. The van der Waals surface area contributed by atoms with Crippen LogP contribution in [0.1, 0.15) is 31.8 Å². The molecule has 0 bridgehead atoms. The molecule has 3 rings (SSSR count). The molecule has 0 unspecified atom stereocenters. The van der Waals surface area contributed by atoms with Gasteiger partial charge in [-0.15, -0.1) is 0 Å². The van der Waals surface area contributed by atoms with Crippen LogP contribution in [0.4, 0.5) is 11.4 Å². The fourth-order valence-electron chi connectivity index (χ4n) is 2.90. The molecule has 10 heteroatoms. The molecule has 0 fully saturated rings. The number of nitro groups is 1. The Labute approximate surface area is 195 Å². The van der Waals surface area contributed by atoms with Crippen LogP contribution in [0.15, 0.2) is 71.6 Å². The zero-order chi connectivity index (χ0) is 24.9. The van der Waals surface area contributed by atoms with Gasteiger partial charge in [0, 0.05) is 40.8 Å². The molecule has 0 aliphatic rings. The van der Waals surface area contributed by atoms with E-state index >= 15 is 0 Å². The van der Waals surface area contributed by atoms with Crippen molar-refractivity contribution in [3.8, 4) is 11.8 Å². The highest BCUT2D eigenvalue weighted by Gasteiger charge is 2.19. The van der Waals surface area contributed by atoms with Crippen molar-refractivity contribution in [2.75, 3.05) is 18.7 Å². The third-order valence-corrected chi connectivity index (χ3v) is 5.64. The monoisotopic (exact) mass is 478 g/mol. The summed E-state index contributed by atoms with van der Waals surface area (Å²) in [7, 11) is -2.48. The number of rotatable bonds is 5. The average molecular weight is 478 g/mol. The van der Waals surface area contributed by atoms with Gasteiger partial charge in [0.2, 0.25) is 0 Å². The second kappa shape index (κ2) is 9.97. The van der Waals surface area contributed by atoms with Crippen LogP contribution in [0, 0.1) is 22.0 Å². The Balaban J connectivity index is 1.85. The number of amides is 1. The van der Waals surface area contributed by atoms with Crippen LogP contribution in [0.25, 0.3) is 0 Å². The van der Waals surface area contributed by atoms with E-state index in [0.717, 1.165) is 24.5 Å². The number of nitrogens with one attached hydrogen (secondary N) is 1. The number of benzene rings is 3. The number of hydrogen-bond acceptors (Lipinski definition) is 7. The number of esters is 1. The molecule has 172 valence electrons. The van der Waals surface area contributed by atoms with Crippen molar-refractivity contribution >= 4 is 33.1 Å². The van der Waals surface area contributed by atoms with E-state index < -0.39 is 32.3 Å². The van der Waals surface area contributed by atoms with Gasteiger partial charge in [-0.2, -0.15) is 0 Å². The molecular weight excluding hydrogens is 460 g/mol. The van der Waals surface area contributed by atoms with Crippen molar-refractivity contribution < 1.29 is 27.7 Å². The summed E-state index contributed by atoms with van der Waals surface area (Å²) in [6, 6.07) is 16.1. The number of sulfone groups is 1. The fraction of sp³-hybridized carbons (Fsp3) is 0.0833. The quantitative estimate of drug-likeness (QED) is 0.257. The van der Waals surface area contributed by atoms with E-state index in [1.165, 1.54) is 7.11 Å². The number of nitrogens with zero attached hydrogens (tertiary/aromatic N) is 1. The number of non-ortho nitro benzene ring substituents is 1. The third-order valence-electron chi connectivity index (χ3n) is 4.55. The minimum absolute atomic E-state index is 0.175. The topological polar surface area (TPSA) is 133 Å². The van der Waals surface area contributed by atoms with Gasteiger partial charge in [-0.1, -0.05) is 24.0 Å². The van der Waals surface area contributed by atoms with E-state index in [-0.39, 0.29) is 10.5 Å². The second-order valence-electron chi connectivity index (χ2n) is 7.10. The lowest BCUT2D eigenvalue weighted by atomic mass is 10.1. The first-order valence-electron chi connectivity index (χ1n) is 9.68. The molecule has 0 heterocycles. The summed E-state index contributed by atoms with van der Waals surface area (Å²) in [5.74, 6) is 4.66. The molecule has 0 aliphatic carbocycles. The Hall–Kier alpha value is -4.49. The zero-order valence-electron chi connectivity index (χ0n) is 18.1. The molecule has 0 aromatic heterocycles. The highest BCUT2D eigenvalue weighted by Crippen LogP contribution is 2.22. The smallest absolute Gasteiger partial charge is 0.337 e. The summed E-state index contributed by atoms with van der Waals surface area (Å²) >= 11 is 0. The predicted molar refractivity (Wildman–Crippen MR) is 124 cm³/mol. The molecule has 0 saturated heterocycles. The fourth-order valence-corrected chi connectivity index (χ4v) is 3.57. The Morgan fingerprint density at radius 1 is 0.941 bits per heavy atom. The van der Waals surface area contributed by atoms with Gasteiger partial charge in [0.1, 0.15) is 0 Å². The molecule has 3 aromatic rings. The summed E-state index contributed by atoms with van der Waals surface area (Å²) in [4.78, 5) is 34.4. The standard InChI is InChI=1S/C24H18N2O7S/c1-33-24(28)18-7-3-5-16(11-18)9-10-17-6-4-8-20(12-17)25-23(27)19-13-21(26(29)30)15-22(14-19)34(2,31)32/h3-8,11-15H,1-2H3,(H,25,27). The lowest BCUT2D eigenvalue weighted by molar-refractivity contribution is -0.385. The normalized spacial score (nSPS) is 10.5. The van der Waals surface area contributed by atoms with Gasteiger partial charge >= 0.3 is 5.97 Å². The number of hydrogen-bond donors (Lipinski definition) is 1. The molecule has 0 saturated carbocycles. The van der Waals surface area contributed by atoms with Gasteiger partial charge < -0.3 is 10.1 Å². The summed E-state index contributed by atoms with van der Waals surface area (Å²) in [5.41, 5.74) is 1.17. The minimum Gasteiger partial charge on any atom is -0.465 e. The molecule has 0 spiro atoms. The summed E-state index contributed by atoms with van der Waals surface area (Å²) in [6.07, 6.45) is 0.900. The lowest BCUT2D eigenvalue weighted by Gasteiger charge is -2.07. The van der Waals surface area contributed by atoms with Gasteiger partial charge in [-0.25, -0.2) is 13.2 Å². The SMILES string of the molecule is COC(=O)c1cccc(C#Cc2cccc(NC(=O)c3cc([N+](=O)[O-])cc(S(C)(=O)=O)c3)c2)c1. The molecule has 1 amide bonds. The Bertz CT molecular complexity index is 1470. The maximum atomic E-state index is 12.7. The molecule has 0 aliphatic heterocycles. The Morgan fingerprint density at radius 3 is 2.21 bits per heavy atom. The van der Waals surface area contributed by atoms with E-state index in [1.807, 2.05) is 0 Å². The zero-order valence-corrected chi connectivity index (χ0v) is 18.9. The van der Waals surface area contributed by atoms with E-state index in [4.69, 9.17) is 4.74 Å². The van der Waals surface area contributed by atoms with Crippen molar-refractivity contribution in [2.45, 2.75) is 4.90 Å². The number of anilines is 1. The molecule has 3 aromatic carbocycles. The Kier molecular flexibility index (Phi) is 7.09. The van der Waals surface area contributed by atoms with Gasteiger partial charge in [0.05, 0.1) is 22.5 Å². The van der Waals surface area contributed by atoms with Crippen molar-refractivity contribution in [1.29, 1.82) is 0 Å². The van der Waals surface area contributed by atoms with Gasteiger partial charge in [0.15, 0.2) is 9.84 Å². The van der Waals surface area contributed by atoms with Crippen LogP contribution in [0.2, 0.25) is 0 Å². The summed E-state index contributed by atoms with van der Waals surface area (Å²) in [6.45, 7) is 0. The number of methoxy groups -OCH3 is 1. The lowest BCUT2D eigenvalue weighted by Crippen LogP contribution is -2.13. The van der Waals surface area contributed by atoms with Crippen molar-refractivity contribution in [3.63, 3.8) is 0 Å². The first kappa shape index (κ1) is 24.2. The summed E-state index contributed by atoms with van der Waals surface area (Å²) < 4.78 is 28.4. The van der Waals surface area contributed by atoms with Crippen LogP contribution >= 0.6 is 0 Å². The first-order valence-corrected chi connectivity index (χ1v) is 11.6. The number of nitro benzene ring substituents is 1. The highest BCUT2D eigenvalue weighted by atomic mass is 32.2.